The summed E-state index contributed by atoms with van der Waals surface area (Å²) in [5, 5.41) is 0.512. The van der Waals surface area contributed by atoms with Gasteiger partial charge in [0.2, 0.25) is 15.9 Å². The Labute approximate surface area is 191 Å². The zero-order valence-corrected chi connectivity index (χ0v) is 19.1. The first kappa shape index (κ1) is 22.7. The van der Waals surface area contributed by atoms with E-state index in [1.165, 1.54) is 22.1 Å². The number of rotatable bonds is 7. The summed E-state index contributed by atoms with van der Waals surface area (Å²) in [6.45, 7) is 3.43. The predicted molar refractivity (Wildman–Crippen MR) is 118 cm³/mol. The summed E-state index contributed by atoms with van der Waals surface area (Å²) in [6.07, 6.45) is 0.691. The van der Waals surface area contributed by atoms with Crippen molar-refractivity contribution in [3.05, 3.63) is 54.2 Å². The largest absolute Gasteiger partial charge is 0.447 e. The minimum atomic E-state index is -3.63. The highest BCUT2D eigenvalue weighted by Crippen LogP contribution is 2.22. The molecule has 0 spiro atoms. The van der Waals surface area contributed by atoms with Crippen LogP contribution >= 0.6 is 11.8 Å². The van der Waals surface area contributed by atoms with Gasteiger partial charge in [0.25, 0.3) is 0 Å². The Morgan fingerprint density at radius 3 is 2.41 bits per heavy atom. The van der Waals surface area contributed by atoms with E-state index in [-0.39, 0.29) is 29.7 Å². The van der Waals surface area contributed by atoms with E-state index in [9.17, 15) is 18.0 Å². The standard InChI is InChI=1S/C21H24N4O5S2/c26-20(25-12-13-30-21(25)27)16-31-19-7-6-18(14-22-19)32(28,29)24-10-8-23(9-11-24)15-17-4-2-1-3-5-17/h1-7,14H,8-13,15-16H2. The van der Waals surface area contributed by atoms with E-state index in [0.29, 0.717) is 31.2 Å². The molecule has 0 saturated carbocycles. The topological polar surface area (TPSA) is 100 Å². The molecule has 2 amide bonds. The van der Waals surface area contributed by atoms with Gasteiger partial charge in [0.15, 0.2) is 0 Å². The number of carbonyl (C=O) groups is 2. The van der Waals surface area contributed by atoms with Gasteiger partial charge in [0.1, 0.15) is 11.5 Å². The molecule has 2 aliphatic heterocycles. The van der Waals surface area contributed by atoms with Gasteiger partial charge in [-0.3, -0.25) is 9.69 Å². The molecule has 9 nitrogen and oxygen atoms in total. The Hall–Kier alpha value is -2.47. The Morgan fingerprint density at radius 2 is 1.78 bits per heavy atom. The van der Waals surface area contributed by atoms with Crippen LogP contribution in [0.25, 0.3) is 0 Å². The molecule has 0 bridgehead atoms. The number of sulfonamides is 1. The van der Waals surface area contributed by atoms with Crippen LogP contribution in [0.5, 0.6) is 0 Å². The number of pyridine rings is 1. The number of benzene rings is 1. The van der Waals surface area contributed by atoms with Crippen molar-refractivity contribution in [2.24, 2.45) is 0 Å². The van der Waals surface area contributed by atoms with Gasteiger partial charge in [0.05, 0.1) is 17.3 Å². The minimum Gasteiger partial charge on any atom is -0.447 e. The van der Waals surface area contributed by atoms with Gasteiger partial charge in [0, 0.05) is 38.9 Å². The van der Waals surface area contributed by atoms with Crippen LogP contribution in [0, 0.1) is 0 Å². The van der Waals surface area contributed by atoms with E-state index in [1.807, 2.05) is 18.2 Å². The zero-order valence-electron chi connectivity index (χ0n) is 17.4. The monoisotopic (exact) mass is 476 g/mol. The van der Waals surface area contributed by atoms with Crippen LogP contribution in [0.2, 0.25) is 0 Å². The Balaban J connectivity index is 1.30. The predicted octanol–water partition coefficient (Wildman–Crippen LogP) is 1.66. The number of hydrogen-bond acceptors (Lipinski definition) is 8. The lowest BCUT2D eigenvalue weighted by molar-refractivity contribution is -0.125. The number of ether oxygens (including phenoxy) is 1. The highest BCUT2D eigenvalue weighted by atomic mass is 32.2. The molecular weight excluding hydrogens is 452 g/mol. The Bertz CT molecular complexity index is 1060. The SMILES string of the molecule is O=C(CSc1ccc(S(=O)(=O)N2CCN(Cc3ccccc3)CC2)cn1)N1CCOC1=O. The molecule has 32 heavy (non-hydrogen) atoms. The maximum Gasteiger partial charge on any atom is 0.416 e. The molecule has 0 N–H and O–H groups in total. The number of carbonyl (C=O) groups excluding carboxylic acids is 2. The third-order valence-electron chi connectivity index (χ3n) is 5.33. The normalized spacial score (nSPS) is 18.0. The highest BCUT2D eigenvalue weighted by Gasteiger charge is 2.30. The van der Waals surface area contributed by atoms with Gasteiger partial charge in [-0.2, -0.15) is 4.31 Å². The lowest BCUT2D eigenvalue weighted by Gasteiger charge is -2.33. The van der Waals surface area contributed by atoms with Crippen LogP contribution in [0.3, 0.4) is 0 Å². The van der Waals surface area contributed by atoms with Crippen molar-refractivity contribution in [3.63, 3.8) is 0 Å². The molecule has 4 rings (SSSR count). The number of nitrogens with zero attached hydrogens (tertiary/aromatic N) is 4. The van der Waals surface area contributed by atoms with Gasteiger partial charge >= 0.3 is 6.09 Å². The van der Waals surface area contributed by atoms with Crippen molar-refractivity contribution >= 4 is 33.8 Å². The summed E-state index contributed by atoms with van der Waals surface area (Å²) in [4.78, 5) is 31.1. The minimum absolute atomic E-state index is 0.0254. The first-order valence-electron chi connectivity index (χ1n) is 10.3. The summed E-state index contributed by atoms with van der Waals surface area (Å²) in [6, 6.07) is 13.2. The fraction of sp³-hybridized carbons (Fsp3) is 0.381. The lowest BCUT2D eigenvalue weighted by atomic mass is 10.2. The summed E-state index contributed by atoms with van der Waals surface area (Å²) >= 11 is 1.15. The quantitative estimate of drug-likeness (QED) is 0.557. The van der Waals surface area contributed by atoms with Crippen molar-refractivity contribution in [2.45, 2.75) is 16.5 Å². The highest BCUT2D eigenvalue weighted by molar-refractivity contribution is 7.99. The zero-order chi connectivity index (χ0) is 22.6. The molecule has 0 radical (unpaired) electrons. The third kappa shape index (κ3) is 5.29. The van der Waals surface area contributed by atoms with Gasteiger partial charge in [-0.15, -0.1) is 0 Å². The lowest BCUT2D eigenvalue weighted by Crippen LogP contribution is -2.48. The van der Waals surface area contributed by atoms with Crippen molar-refractivity contribution in [2.75, 3.05) is 45.1 Å². The smallest absolute Gasteiger partial charge is 0.416 e. The summed E-state index contributed by atoms with van der Waals surface area (Å²) in [5.74, 6) is -0.332. The Kier molecular flexibility index (Phi) is 7.09. The van der Waals surface area contributed by atoms with E-state index in [0.717, 1.165) is 23.2 Å². The molecule has 2 aromatic rings. The van der Waals surface area contributed by atoms with Crippen LogP contribution in [0.4, 0.5) is 4.79 Å². The molecule has 0 unspecified atom stereocenters. The van der Waals surface area contributed by atoms with Gasteiger partial charge < -0.3 is 4.74 Å². The number of amides is 2. The van der Waals surface area contributed by atoms with Crippen LogP contribution in [-0.4, -0.2) is 84.6 Å². The summed E-state index contributed by atoms with van der Waals surface area (Å²) in [7, 11) is -3.63. The number of cyclic esters (lactones) is 1. The van der Waals surface area contributed by atoms with E-state index in [4.69, 9.17) is 4.74 Å². The molecule has 2 fully saturated rings. The molecule has 1 aromatic heterocycles. The summed E-state index contributed by atoms with van der Waals surface area (Å²) < 4.78 is 32.2. The fourth-order valence-corrected chi connectivity index (χ4v) is 5.64. The molecule has 170 valence electrons. The molecule has 1 aromatic carbocycles. The van der Waals surface area contributed by atoms with Gasteiger partial charge in [-0.1, -0.05) is 42.1 Å². The van der Waals surface area contributed by atoms with Crippen LogP contribution in [0.15, 0.2) is 58.6 Å². The van der Waals surface area contributed by atoms with Crippen molar-refractivity contribution < 1.29 is 22.7 Å². The molecular formula is C21H24N4O5S2. The van der Waals surface area contributed by atoms with Crippen molar-refractivity contribution in [1.82, 2.24) is 19.1 Å². The maximum atomic E-state index is 13.0. The van der Waals surface area contributed by atoms with Crippen LogP contribution < -0.4 is 0 Å². The molecule has 2 aliphatic rings. The van der Waals surface area contributed by atoms with E-state index < -0.39 is 16.1 Å². The number of aromatic nitrogens is 1. The van der Waals surface area contributed by atoms with Crippen molar-refractivity contribution in [3.8, 4) is 0 Å². The number of imide groups is 1. The first-order chi connectivity index (χ1) is 15.4. The first-order valence-corrected chi connectivity index (χ1v) is 12.7. The average molecular weight is 477 g/mol. The molecule has 3 heterocycles. The molecule has 0 atom stereocenters. The molecule has 11 heteroatoms. The average Bonchev–Trinajstić information content (AvgIpc) is 3.25. The van der Waals surface area contributed by atoms with E-state index >= 15 is 0 Å². The van der Waals surface area contributed by atoms with Crippen molar-refractivity contribution in [1.29, 1.82) is 0 Å². The maximum absolute atomic E-state index is 13.0. The molecule has 0 aliphatic carbocycles. The molecule has 2 saturated heterocycles. The third-order valence-corrected chi connectivity index (χ3v) is 8.14. The number of thioether (sulfide) groups is 1. The number of hydrogen-bond donors (Lipinski definition) is 0. The number of piperazine rings is 1. The van der Waals surface area contributed by atoms with Gasteiger partial charge in [-0.25, -0.2) is 23.1 Å². The fourth-order valence-electron chi connectivity index (χ4n) is 3.56. The van der Waals surface area contributed by atoms with Crippen LogP contribution in [0.1, 0.15) is 5.56 Å². The second-order valence-electron chi connectivity index (χ2n) is 7.45. The second kappa shape index (κ2) is 9.99. The Morgan fingerprint density at radius 1 is 1.03 bits per heavy atom. The van der Waals surface area contributed by atoms with E-state index in [1.54, 1.807) is 6.07 Å². The summed E-state index contributed by atoms with van der Waals surface area (Å²) in [5.41, 5.74) is 1.21. The van der Waals surface area contributed by atoms with Crippen LogP contribution in [-0.2, 0) is 26.1 Å². The second-order valence-corrected chi connectivity index (χ2v) is 10.4. The van der Waals surface area contributed by atoms with E-state index in [2.05, 4.69) is 22.0 Å². The van der Waals surface area contributed by atoms with Gasteiger partial charge in [-0.05, 0) is 17.7 Å².